The van der Waals surface area contributed by atoms with E-state index in [-0.39, 0.29) is 31.3 Å². The van der Waals surface area contributed by atoms with Crippen molar-refractivity contribution in [2.75, 3.05) is 40.9 Å². The summed E-state index contributed by atoms with van der Waals surface area (Å²) in [7, 11) is 1.14. The monoisotopic (exact) mass is 1150 g/mol. The van der Waals surface area contributed by atoms with E-state index in [0.717, 1.165) is 89.9 Å². The van der Waals surface area contributed by atoms with Crippen molar-refractivity contribution in [3.63, 3.8) is 0 Å². The lowest BCUT2D eigenvalue weighted by molar-refractivity contribution is -0.870. The fourth-order valence-electron chi connectivity index (χ4n) is 9.03. The van der Waals surface area contributed by atoms with Crippen LogP contribution in [0, 0.1) is 0 Å². The molecule has 0 aliphatic carbocycles. The van der Waals surface area contributed by atoms with Crippen molar-refractivity contribution in [1.29, 1.82) is 0 Å². The summed E-state index contributed by atoms with van der Waals surface area (Å²) < 4.78 is 30.3. The molecule has 0 rings (SSSR count). The quantitative estimate of drug-likeness (QED) is 0.0212. The molecule has 0 aromatic rings. The molecule has 0 aliphatic heterocycles. The van der Waals surface area contributed by atoms with Crippen molar-refractivity contribution >= 4 is 19.7 Å². The molecule has 0 aromatic carbocycles. The van der Waals surface area contributed by atoms with Gasteiger partial charge in [-0.2, -0.15) is 0 Å². The van der Waals surface area contributed by atoms with Crippen molar-refractivity contribution in [3.05, 3.63) is 109 Å². The standard InChI is InChI=1S/C71H125N2O7P/c1-7-10-13-16-19-22-25-28-30-32-33-34-35-36-37-38-39-41-43-46-49-52-55-58-61-64-71(75)80-69(62-59-56-53-50-47-44-27-24-21-18-15-12-9-3)68(67-79-81(76,77)78-66-65-73(4,5)6)72-70(74)63-60-57-54-51-48-45-42-40-31-29-26-23-20-17-14-11-8-2/h19-20,22-23,28-31,33-34,36-37,42,45,51,54,59,62,68-69H,7-18,21,24-27,32,35,38-41,43-44,46-50,52-53,55-58,60-61,63-67H2,1-6H3,(H-,72,74,76,77)/b22-19-,23-20-,30-28-,31-29-,34-33-,37-36-,45-42-,54-51-,62-59-. The number of rotatable bonds is 59. The van der Waals surface area contributed by atoms with E-state index in [1.165, 1.54) is 141 Å². The number of phosphoric ester groups is 1. The van der Waals surface area contributed by atoms with Crippen molar-refractivity contribution in [2.45, 2.75) is 290 Å². The van der Waals surface area contributed by atoms with E-state index in [0.29, 0.717) is 23.9 Å². The number of quaternary nitrogens is 1. The molecule has 0 bridgehead atoms. The molecule has 0 aliphatic rings. The second-order valence-corrected chi connectivity index (χ2v) is 24.7. The molecule has 0 fully saturated rings. The number of allylic oxidation sites excluding steroid dienone is 17. The summed E-state index contributed by atoms with van der Waals surface area (Å²) in [6.07, 6.45) is 82.1. The van der Waals surface area contributed by atoms with Crippen LogP contribution in [0.5, 0.6) is 0 Å². The second-order valence-electron chi connectivity index (χ2n) is 23.3. The van der Waals surface area contributed by atoms with Gasteiger partial charge in [0, 0.05) is 12.8 Å². The number of nitrogens with one attached hydrogen (secondary N) is 1. The number of ether oxygens (including phenoxy) is 1. The van der Waals surface area contributed by atoms with E-state index in [1.54, 1.807) is 0 Å². The summed E-state index contributed by atoms with van der Waals surface area (Å²) >= 11 is 0. The van der Waals surface area contributed by atoms with E-state index >= 15 is 0 Å². The van der Waals surface area contributed by atoms with Gasteiger partial charge < -0.3 is 28.5 Å². The van der Waals surface area contributed by atoms with E-state index < -0.39 is 26.6 Å². The van der Waals surface area contributed by atoms with Crippen molar-refractivity contribution < 1.29 is 37.3 Å². The third-order valence-electron chi connectivity index (χ3n) is 14.2. The van der Waals surface area contributed by atoms with Crippen LogP contribution in [-0.2, 0) is 27.9 Å². The smallest absolute Gasteiger partial charge is 0.306 e. The maximum Gasteiger partial charge on any atom is 0.306 e. The second kappa shape index (κ2) is 59.8. The first-order valence-corrected chi connectivity index (χ1v) is 34.7. The van der Waals surface area contributed by atoms with Crippen molar-refractivity contribution in [2.24, 2.45) is 0 Å². The first-order chi connectivity index (χ1) is 39.4. The van der Waals surface area contributed by atoms with Gasteiger partial charge in [-0.1, -0.05) is 259 Å². The average Bonchev–Trinajstić information content (AvgIpc) is 3.44. The molecule has 0 heterocycles. The first kappa shape index (κ1) is 77.7. The highest BCUT2D eigenvalue weighted by Gasteiger charge is 2.27. The molecule has 0 saturated heterocycles. The minimum absolute atomic E-state index is 0.0383. The molecule has 0 saturated carbocycles. The molecule has 10 heteroatoms. The summed E-state index contributed by atoms with van der Waals surface area (Å²) in [6, 6.07) is -0.927. The zero-order valence-corrected chi connectivity index (χ0v) is 54.1. The molecule has 9 nitrogen and oxygen atoms in total. The lowest BCUT2D eigenvalue weighted by Crippen LogP contribution is -2.47. The lowest BCUT2D eigenvalue weighted by atomic mass is 10.0. The molecule has 0 spiro atoms. The topological polar surface area (TPSA) is 114 Å². The number of carbonyl (C=O) groups is 2. The predicted octanol–water partition coefficient (Wildman–Crippen LogP) is 20.3. The van der Waals surface area contributed by atoms with Crippen molar-refractivity contribution in [3.8, 4) is 0 Å². The number of phosphoric acid groups is 1. The number of nitrogens with zero attached hydrogens (tertiary/aromatic N) is 1. The molecule has 81 heavy (non-hydrogen) atoms. The van der Waals surface area contributed by atoms with E-state index in [2.05, 4.69) is 123 Å². The van der Waals surface area contributed by atoms with Crippen LogP contribution in [0.4, 0.5) is 0 Å². The number of carbonyl (C=O) groups excluding carboxylic acids is 2. The number of hydrogen-bond donors (Lipinski definition) is 1. The average molecular weight is 1150 g/mol. The first-order valence-electron chi connectivity index (χ1n) is 33.2. The van der Waals surface area contributed by atoms with Gasteiger partial charge in [0.25, 0.3) is 7.82 Å². The summed E-state index contributed by atoms with van der Waals surface area (Å²) in [5.41, 5.74) is 0. The number of unbranched alkanes of at least 4 members (excludes halogenated alkanes) is 27. The van der Waals surface area contributed by atoms with Gasteiger partial charge >= 0.3 is 5.97 Å². The number of amides is 1. The van der Waals surface area contributed by atoms with E-state index in [4.69, 9.17) is 13.8 Å². The number of hydrogen-bond acceptors (Lipinski definition) is 7. The summed E-state index contributed by atoms with van der Waals surface area (Å²) in [5.74, 6) is -0.615. The molecular formula is C71H125N2O7P. The Morgan fingerprint density at radius 2 is 0.765 bits per heavy atom. The molecular weight excluding hydrogens is 1020 g/mol. The van der Waals surface area contributed by atoms with E-state index in [1.807, 2.05) is 33.3 Å². The minimum Gasteiger partial charge on any atom is -0.756 e. The summed E-state index contributed by atoms with van der Waals surface area (Å²) in [5, 5.41) is 3.00. The highest BCUT2D eigenvalue weighted by atomic mass is 31.2. The molecule has 3 atom stereocenters. The Bertz CT molecular complexity index is 1750. The Hall–Kier alpha value is -3.33. The highest BCUT2D eigenvalue weighted by molar-refractivity contribution is 7.45. The molecule has 0 radical (unpaired) electrons. The zero-order valence-electron chi connectivity index (χ0n) is 53.2. The largest absolute Gasteiger partial charge is 0.756 e. The number of likely N-dealkylation sites (N-methyl/N-ethyl adjacent to an activating group) is 1. The fraction of sp³-hybridized carbons (Fsp3) is 0.718. The maximum atomic E-state index is 13.5. The Morgan fingerprint density at radius 1 is 0.432 bits per heavy atom. The van der Waals surface area contributed by atoms with Gasteiger partial charge in [0.05, 0.1) is 33.8 Å². The van der Waals surface area contributed by atoms with Crippen LogP contribution < -0.4 is 10.2 Å². The van der Waals surface area contributed by atoms with Gasteiger partial charge in [-0.05, 0) is 115 Å². The molecule has 1 N–H and O–H groups in total. The predicted molar refractivity (Wildman–Crippen MR) is 348 cm³/mol. The SMILES string of the molecule is CCCCC/C=C\C/C=C\C/C=C\C/C=C\CCCCCCCCCCCC(=O)OC(/C=C\CCCCCCCCCCCCC)C(COP(=O)([O-])OCC[N+](C)(C)C)NC(=O)CCC/C=C\C/C=C\C/C=C\C/C=C\CCCCC. The third-order valence-corrected chi connectivity index (χ3v) is 15.1. The van der Waals surface area contributed by atoms with Crippen LogP contribution in [0.2, 0.25) is 0 Å². The van der Waals surface area contributed by atoms with Gasteiger partial charge in [0.1, 0.15) is 19.3 Å². The molecule has 0 aromatic heterocycles. The van der Waals surface area contributed by atoms with Gasteiger partial charge in [-0.3, -0.25) is 14.2 Å². The van der Waals surface area contributed by atoms with Crippen LogP contribution in [-0.4, -0.2) is 69.4 Å². The Kier molecular flexibility index (Phi) is 57.4. The van der Waals surface area contributed by atoms with Gasteiger partial charge in [0.15, 0.2) is 0 Å². The van der Waals surface area contributed by atoms with Gasteiger partial charge in [-0.25, -0.2) is 0 Å². The summed E-state index contributed by atoms with van der Waals surface area (Å²) in [6.45, 7) is 6.74. The normalized spacial score (nSPS) is 14.3. The number of esters is 1. The van der Waals surface area contributed by atoms with Gasteiger partial charge in [-0.15, -0.1) is 0 Å². The molecule has 1 amide bonds. The molecule has 466 valence electrons. The Morgan fingerprint density at radius 3 is 1.17 bits per heavy atom. The lowest BCUT2D eigenvalue weighted by Gasteiger charge is -2.30. The fourth-order valence-corrected chi connectivity index (χ4v) is 9.75. The minimum atomic E-state index is -4.72. The van der Waals surface area contributed by atoms with Crippen LogP contribution in [0.25, 0.3) is 0 Å². The van der Waals surface area contributed by atoms with Crippen LogP contribution >= 0.6 is 7.82 Å². The van der Waals surface area contributed by atoms with Crippen LogP contribution in [0.3, 0.4) is 0 Å². The molecule has 3 unspecified atom stereocenters. The van der Waals surface area contributed by atoms with Crippen LogP contribution in [0.1, 0.15) is 278 Å². The summed E-state index contributed by atoms with van der Waals surface area (Å²) in [4.78, 5) is 40.1. The van der Waals surface area contributed by atoms with E-state index in [9.17, 15) is 19.0 Å². The third kappa shape index (κ3) is 61.1. The Balaban J connectivity index is 5.26. The van der Waals surface area contributed by atoms with Crippen molar-refractivity contribution in [1.82, 2.24) is 5.32 Å². The Labute approximate surface area is 500 Å². The maximum absolute atomic E-state index is 13.5. The van der Waals surface area contributed by atoms with Gasteiger partial charge in [0.2, 0.25) is 5.91 Å². The highest BCUT2D eigenvalue weighted by Crippen LogP contribution is 2.38. The zero-order chi connectivity index (χ0) is 59.3. The van der Waals surface area contributed by atoms with Crippen LogP contribution in [0.15, 0.2) is 109 Å².